The molecule has 0 radical (unpaired) electrons. The highest BCUT2D eigenvalue weighted by Gasteiger charge is 2.14. The Morgan fingerprint density at radius 3 is 2.61 bits per heavy atom. The second-order valence-electron chi connectivity index (χ2n) is 7.33. The Kier molecular flexibility index (Phi) is 7.31. The Morgan fingerprint density at radius 1 is 1.11 bits per heavy atom. The van der Waals surface area contributed by atoms with Gasteiger partial charge in [-0.25, -0.2) is 0 Å². The molecule has 5 heteroatoms. The number of nitrogens with one attached hydrogen (secondary N) is 2. The van der Waals surface area contributed by atoms with Crippen molar-refractivity contribution in [2.75, 3.05) is 32.1 Å². The van der Waals surface area contributed by atoms with Crippen LogP contribution >= 0.6 is 0 Å². The summed E-state index contributed by atoms with van der Waals surface area (Å²) < 4.78 is 5.22. The molecule has 150 valence electrons. The monoisotopic (exact) mass is 380 g/mol. The van der Waals surface area contributed by atoms with Crippen LogP contribution in [0.25, 0.3) is 0 Å². The van der Waals surface area contributed by atoms with Crippen molar-refractivity contribution in [3.05, 3.63) is 65.2 Å². The Hall–Kier alpha value is -2.53. The molecule has 3 rings (SSSR count). The highest BCUT2D eigenvalue weighted by Crippen LogP contribution is 2.23. The van der Waals surface area contributed by atoms with E-state index in [2.05, 4.69) is 76.0 Å². The second kappa shape index (κ2) is 10.1. The topological polar surface area (TPSA) is 48.9 Å². The van der Waals surface area contributed by atoms with Gasteiger partial charge in [0.05, 0.1) is 12.6 Å². The number of ether oxygens (including phenoxy) is 1. The molecule has 1 fully saturated rings. The fourth-order valence-corrected chi connectivity index (χ4v) is 3.63. The van der Waals surface area contributed by atoms with E-state index in [9.17, 15) is 0 Å². The predicted molar refractivity (Wildman–Crippen MR) is 117 cm³/mol. The first-order valence-electron chi connectivity index (χ1n) is 10.1. The van der Waals surface area contributed by atoms with Crippen LogP contribution in [0.5, 0.6) is 0 Å². The molecule has 2 aromatic carbocycles. The Balaban J connectivity index is 1.58. The summed E-state index contributed by atoms with van der Waals surface area (Å²) in [7, 11) is 3.53. The molecule has 5 nitrogen and oxygen atoms in total. The molecular weight excluding hydrogens is 348 g/mol. The zero-order chi connectivity index (χ0) is 19.8. The highest BCUT2D eigenvalue weighted by atomic mass is 16.5. The number of benzene rings is 2. The molecule has 1 aliphatic heterocycles. The molecule has 0 amide bonds. The van der Waals surface area contributed by atoms with Crippen LogP contribution in [-0.2, 0) is 17.9 Å². The van der Waals surface area contributed by atoms with Crippen molar-refractivity contribution in [2.45, 2.75) is 39.0 Å². The fourth-order valence-electron chi connectivity index (χ4n) is 3.63. The summed E-state index contributed by atoms with van der Waals surface area (Å²) >= 11 is 0. The summed E-state index contributed by atoms with van der Waals surface area (Å²) in [5, 5.41) is 6.92. The second-order valence-corrected chi connectivity index (χ2v) is 7.33. The molecule has 1 aliphatic rings. The van der Waals surface area contributed by atoms with E-state index in [-0.39, 0.29) is 6.04 Å². The number of nitrogens with zero attached hydrogens (tertiary/aromatic N) is 2. The molecule has 0 aliphatic carbocycles. The largest absolute Gasteiger partial charge is 0.380 e. The van der Waals surface area contributed by atoms with E-state index in [0.29, 0.717) is 6.61 Å². The molecule has 2 aromatic rings. The van der Waals surface area contributed by atoms with Gasteiger partial charge in [0.15, 0.2) is 5.96 Å². The molecule has 1 saturated heterocycles. The molecular formula is C23H32N4O. The van der Waals surface area contributed by atoms with Crippen LogP contribution in [0.4, 0.5) is 5.69 Å². The number of hydrogen-bond donors (Lipinski definition) is 2. The van der Waals surface area contributed by atoms with Crippen LogP contribution in [0.3, 0.4) is 0 Å². The van der Waals surface area contributed by atoms with Gasteiger partial charge in [0, 0.05) is 39.5 Å². The zero-order valence-electron chi connectivity index (χ0n) is 17.2. The first-order chi connectivity index (χ1) is 13.7. The lowest BCUT2D eigenvalue weighted by atomic mass is 10.1. The van der Waals surface area contributed by atoms with Gasteiger partial charge in [0.1, 0.15) is 0 Å². The quantitative estimate of drug-likeness (QED) is 0.566. The van der Waals surface area contributed by atoms with Gasteiger partial charge in [-0.1, -0.05) is 36.4 Å². The summed E-state index contributed by atoms with van der Waals surface area (Å²) in [5.41, 5.74) is 4.98. The summed E-state index contributed by atoms with van der Waals surface area (Å²) in [6.45, 7) is 5.85. The van der Waals surface area contributed by atoms with Crippen LogP contribution in [0.2, 0.25) is 0 Å². The number of anilines is 1. The van der Waals surface area contributed by atoms with Crippen LogP contribution in [0.15, 0.2) is 53.5 Å². The number of guanidine groups is 1. The zero-order valence-corrected chi connectivity index (χ0v) is 17.2. The number of rotatable bonds is 7. The van der Waals surface area contributed by atoms with Crippen molar-refractivity contribution in [1.82, 2.24) is 10.6 Å². The van der Waals surface area contributed by atoms with Gasteiger partial charge in [-0.3, -0.25) is 4.99 Å². The SMILES string of the molecule is CN=C(NCc1cccc(COC)c1)NC(C)c1cccc(N2CCCC2)c1. The smallest absolute Gasteiger partial charge is 0.191 e. The third kappa shape index (κ3) is 5.49. The molecule has 1 heterocycles. The van der Waals surface area contributed by atoms with Gasteiger partial charge in [-0.15, -0.1) is 0 Å². The van der Waals surface area contributed by atoms with Crippen molar-refractivity contribution < 1.29 is 4.74 Å². The van der Waals surface area contributed by atoms with E-state index >= 15 is 0 Å². The fraction of sp³-hybridized carbons (Fsp3) is 0.435. The normalized spacial score (nSPS) is 15.5. The lowest BCUT2D eigenvalue weighted by Crippen LogP contribution is -2.38. The summed E-state index contributed by atoms with van der Waals surface area (Å²) in [6.07, 6.45) is 2.58. The van der Waals surface area contributed by atoms with Gasteiger partial charge >= 0.3 is 0 Å². The maximum atomic E-state index is 5.22. The minimum absolute atomic E-state index is 0.175. The van der Waals surface area contributed by atoms with Gasteiger partial charge in [0.25, 0.3) is 0 Å². The van der Waals surface area contributed by atoms with Crippen LogP contribution in [0, 0.1) is 0 Å². The summed E-state index contributed by atoms with van der Waals surface area (Å²) in [5.74, 6) is 0.802. The average Bonchev–Trinajstić information content (AvgIpc) is 3.26. The molecule has 0 saturated carbocycles. The van der Waals surface area contributed by atoms with Crippen molar-refractivity contribution in [3.63, 3.8) is 0 Å². The van der Waals surface area contributed by atoms with E-state index in [1.165, 1.54) is 35.2 Å². The molecule has 2 N–H and O–H groups in total. The maximum absolute atomic E-state index is 5.22. The van der Waals surface area contributed by atoms with Crippen molar-refractivity contribution in [1.29, 1.82) is 0 Å². The third-order valence-electron chi connectivity index (χ3n) is 5.18. The molecule has 0 aromatic heterocycles. The van der Waals surface area contributed by atoms with Gasteiger partial charge < -0.3 is 20.3 Å². The number of methoxy groups -OCH3 is 1. The van der Waals surface area contributed by atoms with E-state index in [1.807, 2.05) is 7.05 Å². The van der Waals surface area contributed by atoms with E-state index in [4.69, 9.17) is 4.74 Å². The summed E-state index contributed by atoms with van der Waals surface area (Å²) in [4.78, 5) is 6.86. The van der Waals surface area contributed by atoms with Crippen molar-refractivity contribution in [2.24, 2.45) is 4.99 Å². The Labute approximate surface area is 168 Å². The van der Waals surface area contributed by atoms with Crippen LogP contribution in [-0.4, -0.2) is 33.2 Å². The van der Waals surface area contributed by atoms with Crippen molar-refractivity contribution >= 4 is 11.6 Å². The Morgan fingerprint density at radius 2 is 1.86 bits per heavy atom. The number of aliphatic imine (C=N–C) groups is 1. The standard InChI is InChI=1S/C23H32N4O/c1-18(21-10-7-11-22(15-21)27-12-4-5-13-27)26-23(24-2)25-16-19-8-6-9-20(14-19)17-28-3/h6-11,14-15,18H,4-5,12-13,16-17H2,1-3H3,(H2,24,25,26). The molecule has 0 spiro atoms. The first kappa shape index (κ1) is 20.2. The van der Waals surface area contributed by atoms with Crippen molar-refractivity contribution in [3.8, 4) is 0 Å². The minimum Gasteiger partial charge on any atom is -0.380 e. The molecule has 0 bridgehead atoms. The van der Waals surface area contributed by atoms with Gasteiger partial charge in [-0.05, 0) is 48.6 Å². The van der Waals surface area contributed by atoms with Crippen LogP contribution < -0.4 is 15.5 Å². The third-order valence-corrected chi connectivity index (χ3v) is 5.18. The lowest BCUT2D eigenvalue weighted by molar-refractivity contribution is 0.185. The Bertz CT molecular complexity index is 784. The molecule has 1 unspecified atom stereocenters. The maximum Gasteiger partial charge on any atom is 0.191 e. The van der Waals surface area contributed by atoms with Crippen LogP contribution in [0.1, 0.15) is 42.5 Å². The van der Waals surface area contributed by atoms with E-state index in [1.54, 1.807) is 7.11 Å². The highest BCUT2D eigenvalue weighted by molar-refractivity contribution is 5.80. The first-order valence-corrected chi connectivity index (χ1v) is 10.1. The molecule has 1 atom stereocenters. The minimum atomic E-state index is 0.175. The number of hydrogen-bond acceptors (Lipinski definition) is 3. The summed E-state index contributed by atoms with van der Waals surface area (Å²) in [6, 6.07) is 17.4. The van der Waals surface area contributed by atoms with Gasteiger partial charge in [-0.2, -0.15) is 0 Å². The lowest BCUT2D eigenvalue weighted by Gasteiger charge is -2.22. The van der Waals surface area contributed by atoms with Gasteiger partial charge in [0.2, 0.25) is 0 Å². The van der Waals surface area contributed by atoms with E-state index in [0.717, 1.165) is 25.6 Å². The predicted octanol–water partition coefficient (Wildman–Crippen LogP) is 3.86. The average molecular weight is 381 g/mol. The van der Waals surface area contributed by atoms with E-state index < -0.39 is 0 Å². The molecule has 28 heavy (non-hydrogen) atoms.